The maximum atomic E-state index is 11.3. The van der Waals surface area contributed by atoms with Gasteiger partial charge in [0.2, 0.25) is 11.8 Å². The van der Waals surface area contributed by atoms with Gasteiger partial charge in [-0.05, 0) is 20.4 Å². The molecule has 1 aromatic heterocycles. The summed E-state index contributed by atoms with van der Waals surface area (Å²) in [5.74, 6) is 0.167. The van der Waals surface area contributed by atoms with Crippen molar-refractivity contribution in [3.63, 3.8) is 0 Å². The van der Waals surface area contributed by atoms with Crippen molar-refractivity contribution >= 4 is 17.7 Å². The van der Waals surface area contributed by atoms with Crippen molar-refractivity contribution in [3.8, 4) is 0 Å². The monoisotopic (exact) mass is 258 g/mol. The summed E-state index contributed by atoms with van der Waals surface area (Å²) in [6.45, 7) is 5.51. The first-order chi connectivity index (χ1) is 7.87. The molecular weight excluding hydrogens is 240 g/mol. The molecule has 1 amide bonds. The van der Waals surface area contributed by atoms with Gasteiger partial charge in [-0.1, -0.05) is 18.7 Å². The molecule has 2 unspecified atom stereocenters. The van der Waals surface area contributed by atoms with Gasteiger partial charge in [0.1, 0.15) is 0 Å². The van der Waals surface area contributed by atoms with Crippen LogP contribution in [0.25, 0.3) is 0 Å². The normalized spacial score (nSPS) is 16.5. The maximum absolute atomic E-state index is 11.3. The minimum atomic E-state index is -0.721. The Balaban J connectivity index is 2.59. The van der Waals surface area contributed by atoms with E-state index in [0.717, 1.165) is 0 Å². The third-order valence-corrected chi connectivity index (χ3v) is 3.54. The number of nitrogens with two attached hydrogens (primary N) is 1. The van der Waals surface area contributed by atoms with Crippen molar-refractivity contribution in [2.24, 2.45) is 5.73 Å². The van der Waals surface area contributed by atoms with Gasteiger partial charge in [0.15, 0.2) is 0 Å². The quantitative estimate of drug-likeness (QED) is 0.730. The topological polar surface area (TPSA) is 94.0 Å². The molecule has 0 saturated carbocycles. The molecule has 96 valence electrons. The Bertz CT molecular complexity index is 395. The van der Waals surface area contributed by atoms with Crippen LogP contribution >= 0.6 is 11.8 Å². The molecule has 0 fully saturated rings. The Morgan fingerprint density at radius 3 is 2.71 bits per heavy atom. The molecular formula is C10H18N4O2S. The molecule has 1 aromatic rings. The van der Waals surface area contributed by atoms with E-state index in [1.807, 2.05) is 6.92 Å². The smallest absolute Gasteiger partial charge is 0.276 e. The van der Waals surface area contributed by atoms with Crippen LogP contribution in [0.5, 0.6) is 0 Å². The fourth-order valence-corrected chi connectivity index (χ4v) is 2.46. The van der Waals surface area contributed by atoms with Gasteiger partial charge in [0.05, 0.1) is 5.54 Å². The number of carbonyl (C=O) groups excluding carboxylic acids is 1. The van der Waals surface area contributed by atoms with Crippen LogP contribution in [0.4, 0.5) is 0 Å². The Morgan fingerprint density at radius 2 is 2.29 bits per heavy atom. The van der Waals surface area contributed by atoms with Crippen molar-refractivity contribution in [1.82, 2.24) is 15.5 Å². The van der Waals surface area contributed by atoms with E-state index >= 15 is 0 Å². The first-order valence-corrected chi connectivity index (χ1v) is 6.21. The van der Waals surface area contributed by atoms with E-state index in [2.05, 4.69) is 15.5 Å². The Labute approximate surface area is 105 Å². The molecule has 0 bridgehead atoms. The lowest BCUT2D eigenvalue weighted by atomic mass is 9.95. The van der Waals surface area contributed by atoms with Crippen LogP contribution in [0.15, 0.2) is 9.64 Å². The van der Waals surface area contributed by atoms with Crippen LogP contribution in [-0.2, 0) is 4.79 Å². The Kier molecular flexibility index (Phi) is 4.53. The Hall–Kier alpha value is -1.08. The zero-order valence-electron chi connectivity index (χ0n) is 10.5. The first kappa shape index (κ1) is 14.0. The highest BCUT2D eigenvalue weighted by molar-refractivity contribution is 7.99. The molecule has 1 rings (SSSR count). The molecule has 0 aromatic carbocycles. The van der Waals surface area contributed by atoms with E-state index in [0.29, 0.717) is 17.5 Å². The minimum Gasteiger partial charge on any atom is -0.416 e. The molecule has 0 aliphatic carbocycles. The van der Waals surface area contributed by atoms with E-state index in [-0.39, 0.29) is 11.2 Å². The molecule has 3 N–H and O–H groups in total. The number of likely N-dealkylation sites (N-methyl/N-ethyl adjacent to an activating group) is 1. The number of rotatable bonds is 6. The van der Waals surface area contributed by atoms with Gasteiger partial charge in [-0.3, -0.25) is 4.79 Å². The van der Waals surface area contributed by atoms with Gasteiger partial charge < -0.3 is 15.5 Å². The Morgan fingerprint density at radius 1 is 1.65 bits per heavy atom. The summed E-state index contributed by atoms with van der Waals surface area (Å²) in [6.07, 6.45) is 0.588. The lowest BCUT2D eigenvalue weighted by Crippen LogP contribution is -2.52. The summed E-state index contributed by atoms with van der Waals surface area (Å²) in [4.78, 5) is 11.3. The summed E-state index contributed by atoms with van der Waals surface area (Å²) in [5.41, 5.74) is 4.64. The lowest BCUT2D eigenvalue weighted by Gasteiger charge is -2.27. The number of nitrogens with zero attached hydrogens (tertiary/aromatic N) is 2. The molecule has 2 atom stereocenters. The highest BCUT2D eigenvalue weighted by Gasteiger charge is 2.31. The van der Waals surface area contributed by atoms with Crippen LogP contribution in [0.3, 0.4) is 0 Å². The summed E-state index contributed by atoms with van der Waals surface area (Å²) in [6, 6.07) is 0. The zero-order chi connectivity index (χ0) is 13.1. The summed E-state index contributed by atoms with van der Waals surface area (Å²) in [7, 11) is 1.72. The molecule has 0 saturated heterocycles. The predicted molar refractivity (Wildman–Crippen MR) is 65.6 cm³/mol. The number of aromatic nitrogens is 2. The average Bonchev–Trinajstić information content (AvgIpc) is 2.63. The summed E-state index contributed by atoms with van der Waals surface area (Å²) >= 11 is 1.44. The van der Waals surface area contributed by atoms with E-state index in [1.165, 1.54) is 11.8 Å². The number of nitrogens with one attached hydrogen (secondary N) is 1. The summed E-state index contributed by atoms with van der Waals surface area (Å²) in [5, 5.41) is 11.2. The van der Waals surface area contributed by atoms with Crippen molar-refractivity contribution in [3.05, 3.63) is 5.89 Å². The second-order valence-electron chi connectivity index (χ2n) is 4.17. The van der Waals surface area contributed by atoms with E-state index < -0.39 is 5.54 Å². The van der Waals surface area contributed by atoms with Crippen LogP contribution in [0, 0.1) is 6.92 Å². The van der Waals surface area contributed by atoms with Gasteiger partial charge >= 0.3 is 0 Å². The number of hydrogen-bond donors (Lipinski definition) is 2. The second-order valence-corrected chi connectivity index (χ2v) is 5.56. The van der Waals surface area contributed by atoms with Crippen molar-refractivity contribution in [2.45, 2.75) is 43.2 Å². The standard InChI is InChI=1S/C10H18N4O2S/c1-6(5-10(3,12-4)8(11)15)17-9-14-13-7(2)16-9/h6,12H,5H2,1-4H3,(H2,11,15). The van der Waals surface area contributed by atoms with Crippen LogP contribution in [0.1, 0.15) is 26.2 Å². The van der Waals surface area contributed by atoms with Gasteiger partial charge in [-0.2, -0.15) is 0 Å². The molecule has 17 heavy (non-hydrogen) atoms. The number of primary amides is 1. The molecule has 1 heterocycles. The molecule has 0 radical (unpaired) electrons. The SMILES string of the molecule is CNC(C)(CC(C)Sc1nnc(C)o1)C(N)=O. The van der Waals surface area contributed by atoms with Crippen molar-refractivity contribution < 1.29 is 9.21 Å². The van der Waals surface area contributed by atoms with E-state index in [9.17, 15) is 4.79 Å². The fraction of sp³-hybridized carbons (Fsp3) is 0.700. The van der Waals surface area contributed by atoms with Crippen LogP contribution in [0.2, 0.25) is 0 Å². The zero-order valence-corrected chi connectivity index (χ0v) is 11.3. The number of carbonyl (C=O) groups is 1. The molecule has 7 heteroatoms. The predicted octanol–water partition coefficient (Wildman–Crippen LogP) is 0.712. The third-order valence-electron chi connectivity index (χ3n) is 2.60. The van der Waals surface area contributed by atoms with Crippen LogP contribution < -0.4 is 11.1 Å². The number of aryl methyl sites for hydroxylation is 1. The fourth-order valence-electron chi connectivity index (χ4n) is 1.44. The number of amides is 1. The van der Waals surface area contributed by atoms with Crippen molar-refractivity contribution in [2.75, 3.05) is 7.05 Å². The third kappa shape index (κ3) is 3.71. The van der Waals surface area contributed by atoms with Gasteiger partial charge in [0.25, 0.3) is 5.22 Å². The number of hydrogen-bond acceptors (Lipinski definition) is 6. The largest absolute Gasteiger partial charge is 0.416 e. The number of thioether (sulfide) groups is 1. The molecule has 0 spiro atoms. The first-order valence-electron chi connectivity index (χ1n) is 5.33. The highest BCUT2D eigenvalue weighted by Crippen LogP contribution is 2.27. The second kappa shape index (κ2) is 5.50. The molecule has 6 nitrogen and oxygen atoms in total. The maximum Gasteiger partial charge on any atom is 0.276 e. The summed E-state index contributed by atoms with van der Waals surface area (Å²) < 4.78 is 5.27. The van der Waals surface area contributed by atoms with Crippen molar-refractivity contribution in [1.29, 1.82) is 0 Å². The molecule has 0 aliphatic heterocycles. The molecule has 0 aliphatic rings. The van der Waals surface area contributed by atoms with Gasteiger partial charge in [-0.15, -0.1) is 10.2 Å². The highest BCUT2D eigenvalue weighted by atomic mass is 32.2. The van der Waals surface area contributed by atoms with E-state index in [4.69, 9.17) is 10.2 Å². The van der Waals surface area contributed by atoms with E-state index in [1.54, 1.807) is 20.9 Å². The lowest BCUT2D eigenvalue weighted by molar-refractivity contribution is -0.123. The van der Waals surface area contributed by atoms with Gasteiger partial charge in [-0.25, -0.2) is 0 Å². The minimum absolute atomic E-state index is 0.139. The van der Waals surface area contributed by atoms with Crippen LogP contribution in [-0.4, -0.2) is 33.9 Å². The van der Waals surface area contributed by atoms with Gasteiger partial charge in [0, 0.05) is 12.2 Å². The average molecular weight is 258 g/mol.